The number of carbonyl (C=O) groups is 2. The molecule has 2 amide bonds. The van der Waals surface area contributed by atoms with Gasteiger partial charge in [0.15, 0.2) is 0 Å². The van der Waals surface area contributed by atoms with Gasteiger partial charge in [-0.3, -0.25) is 9.59 Å². The first-order chi connectivity index (χ1) is 9.79. The summed E-state index contributed by atoms with van der Waals surface area (Å²) in [7, 11) is -3.73. The molecule has 0 aliphatic carbocycles. The Hall–Kier alpha value is -1.93. The molecule has 0 aliphatic rings. The number of hydrogen-bond acceptors (Lipinski definition) is 4. The molecular formula is C13H19N3O4S. The summed E-state index contributed by atoms with van der Waals surface area (Å²) in [5, 5.41) is 7.48. The Kier molecular flexibility index (Phi) is 5.86. The molecule has 0 bridgehead atoms. The largest absolute Gasteiger partial charge is 0.344 e. The first kappa shape index (κ1) is 17.1. The molecule has 0 saturated heterocycles. The molecule has 1 aromatic carbocycles. The molecule has 0 fully saturated rings. The van der Waals surface area contributed by atoms with E-state index in [0.29, 0.717) is 18.7 Å². The molecule has 116 valence electrons. The quantitative estimate of drug-likeness (QED) is 0.735. The van der Waals surface area contributed by atoms with Crippen molar-refractivity contribution < 1.29 is 18.0 Å². The van der Waals surface area contributed by atoms with Gasteiger partial charge in [0.25, 0.3) is 0 Å². The number of amides is 2. The van der Waals surface area contributed by atoms with Crippen molar-refractivity contribution in [3.05, 3.63) is 29.8 Å². The Morgan fingerprint density at radius 2 is 1.67 bits per heavy atom. The molecular weight excluding hydrogens is 294 g/mol. The van der Waals surface area contributed by atoms with Crippen molar-refractivity contribution in [2.75, 3.05) is 13.1 Å². The number of nitrogens with two attached hydrogens (primary N) is 1. The minimum absolute atomic E-state index is 0.00297. The zero-order valence-electron chi connectivity index (χ0n) is 12.0. The lowest BCUT2D eigenvalue weighted by atomic mass is 10.2. The lowest BCUT2D eigenvalue weighted by molar-refractivity contribution is -0.145. The number of likely N-dealkylation sites (N-methyl/N-ethyl adjacent to an activating group) is 1. The molecule has 21 heavy (non-hydrogen) atoms. The van der Waals surface area contributed by atoms with Gasteiger partial charge in [-0.1, -0.05) is 12.1 Å². The Bertz CT molecular complexity index is 607. The van der Waals surface area contributed by atoms with Crippen molar-refractivity contribution in [3.8, 4) is 0 Å². The highest BCUT2D eigenvalue weighted by Gasteiger charge is 2.18. The third-order valence-corrected chi connectivity index (χ3v) is 3.88. The second-order valence-electron chi connectivity index (χ2n) is 4.35. The fraction of sp³-hybridized carbons (Fsp3) is 0.385. The number of rotatable bonds is 5. The van der Waals surface area contributed by atoms with E-state index in [1.165, 1.54) is 29.2 Å². The molecule has 0 radical (unpaired) electrons. The summed E-state index contributed by atoms with van der Waals surface area (Å²) in [5.74, 6) is -1.27. The van der Waals surface area contributed by atoms with Crippen molar-refractivity contribution in [1.29, 1.82) is 0 Å². The van der Waals surface area contributed by atoms with Gasteiger partial charge in [0.2, 0.25) is 10.0 Å². The SMILES string of the molecule is CCN(CC)C(=O)C(=O)NCc1ccc(S(N)(=O)=O)cc1. The van der Waals surface area contributed by atoms with Gasteiger partial charge in [0.1, 0.15) is 0 Å². The first-order valence-electron chi connectivity index (χ1n) is 6.48. The van der Waals surface area contributed by atoms with Crippen LogP contribution in [0, 0.1) is 0 Å². The van der Waals surface area contributed by atoms with E-state index in [1.807, 2.05) is 0 Å². The zero-order valence-corrected chi connectivity index (χ0v) is 12.8. The molecule has 0 atom stereocenters. The van der Waals surface area contributed by atoms with Crippen LogP contribution in [-0.4, -0.2) is 38.2 Å². The van der Waals surface area contributed by atoms with Crippen molar-refractivity contribution in [2.45, 2.75) is 25.3 Å². The van der Waals surface area contributed by atoms with E-state index in [-0.39, 0.29) is 11.4 Å². The Balaban J connectivity index is 2.63. The molecule has 1 aromatic rings. The van der Waals surface area contributed by atoms with Gasteiger partial charge in [-0.2, -0.15) is 0 Å². The lowest BCUT2D eigenvalue weighted by Gasteiger charge is -2.17. The van der Waals surface area contributed by atoms with Crippen molar-refractivity contribution in [3.63, 3.8) is 0 Å². The Morgan fingerprint density at radius 1 is 1.14 bits per heavy atom. The summed E-state index contributed by atoms with van der Waals surface area (Å²) in [6.45, 7) is 4.65. The number of carbonyl (C=O) groups excluding carboxylic acids is 2. The lowest BCUT2D eigenvalue weighted by Crippen LogP contribution is -2.42. The van der Waals surface area contributed by atoms with Gasteiger partial charge in [-0.25, -0.2) is 13.6 Å². The predicted octanol–water partition coefficient (Wildman–Crippen LogP) is -0.181. The maximum Gasteiger partial charge on any atom is 0.311 e. The topological polar surface area (TPSA) is 110 Å². The van der Waals surface area contributed by atoms with E-state index in [1.54, 1.807) is 13.8 Å². The third kappa shape index (κ3) is 4.83. The summed E-state index contributed by atoms with van der Waals surface area (Å²) in [6, 6.07) is 5.76. The van der Waals surface area contributed by atoms with Crippen molar-refractivity contribution in [1.82, 2.24) is 10.2 Å². The average Bonchev–Trinajstić information content (AvgIpc) is 2.45. The van der Waals surface area contributed by atoms with E-state index in [9.17, 15) is 18.0 Å². The van der Waals surface area contributed by atoms with Crippen LogP contribution in [-0.2, 0) is 26.2 Å². The minimum Gasteiger partial charge on any atom is -0.344 e. The molecule has 7 nitrogen and oxygen atoms in total. The number of primary sulfonamides is 1. The van der Waals surface area contributed by atoms with Gasteiger partial charge in [-0.05, 0) is 31.5 Å². The first-order valence-corrected chi connectivity index (χ1v) is 8.03. The zero-order chi connectivity index (χ0) is 16.0. The van der Waals surface area contributed by atoms with E-state index in [2.05, 4.69) is 5.32 Å². The molecule has 0 aliphatic heterocycles. The molecule has 0 heterocycles. The van der Waals surface area contributed by atoms with E-state index >= 15 is 0 Å². The van der Waals surface area contributed by atoms with E-state index in [0.717, 1.165) is 0 Å². The maximum atomic E-state index is 11.7. The molecule has 0 saturated carbocycles. The molecule has 0 unspecified atom stereocenters. The summed E-state index contributed by atoms with van der Waals surface area (Å²) in [6.07, 6.45) is 0. The van der Waals surface area contributed by atoms with Crippen molar-refractivity contribution >= 4 is 21.8 Å². The van der Waals surface area contributed by atoms with Gasteiger partial charge >= 0.3 is 11.8 Å². The van der Waals surface area contributed by atoms with E-state index < -0.39 is 21.8 Å². The van der Waals surface area contributed by atoms with Crippen LogP contribution in [0.1, 0.15) is 19.4 Å². The Labute approximate surface area is 124 Å². The summed E-state index contributed by atoms with van der Waals surface area (Å²) in [5.41, 5.74) is 0.670. The molecule has 8 heteroatoms. The fourth-order valence-electron chi connectivity index (χ4n) is 1.71. The normalized spacial score (nSPS) is 11.0. The van der Waals surface area contributed by atoms with Crippen molar-refractivity contribution in [2.24, 2.45) is 5.14 Å². The van der Waals surface area contributed by atoms with Gasteiger partial charge < -0.3 is 10.2 Å². The van der Waals surface area contributed by atoms with Crippen LogP contribution in [0.5, 0.6) is 0 Å². The van der Waals surface area contributed by atoms with Crippen LogP contribution in [0.25, 0.3) is 0 Å². The number of hydrogen-bond donors (Lipinski definition) is 2. The second kappa shape index (κ2) is 7.19. The molecule has 3 N–H and O–H groups in total. The Morgan fingerprint density at radius 3 is 2.10 bits per heavy atom. The van der Waals surface area contributed by atoms with Gasteiger partial charge in [0, 0.05) is 19.6 Å². The average molecular weight is 313 g/mol. The monoisotopic (exact) mass is 313 g/mol. The highest BCUT2D eigenvalue weighted by Crippen LogP contribution is 2.08. The fourth-order valence-corrected chi connectivity index (χ4v) is 2.22. The number of sulfonamides is 1. The minimum atomic E-state index is -3.73. The van der Waals surface area contributed by atoms with Crippen LogP contribution in [0.15, 0.2) is 29.2 Å². The molecule has 0 spiro atoms. The van der Waals surface area contributed by atoms with Crippen LogP contribution >= 0.6 is 0 Å². The number of nitrogens with one attached hydrogen (secondary N) is 1. The summed E-state index contributed by atoms with van der Waals surface area (Å²) in [4.78, 5) is 24.8. The van der Waals surface area contributed by atoms with Gasteiger partial charge in [-0.15, -0.1) is 0 Å². The van der Waals surface area contributed by atoms with E-state index in [4.69, 9.17) is 5.14 Å². The standard InChI is InChI=1S/C13H19N3O4S/c1-3-16(4-2)13(18)12(17)15-9-10-5-7-11(8-6-10)21(14,19)20/h5-8H,3-4,9H2,1-2H3,(H,15,17)(H2,14,19,20). The summed E-state index contributed by atoms with van der Waals surface area (Å²) >= 11 is 0. The van der Waals surface area contributed by atoms with Crippen LogP contribution < -0.4 is 10.5 Å². The number of benzene rings is 1. The predicted molar refractivity (Wildman–Crippen MR) is 77.6 cm³/mol. The smallest absolute Gasteiger partial charge is 0.311 e. The highest BCUT2D eigenvalue weighted by molar-refractivity contribution is 7.89. The van der Waals surface area contributed by atoms with Crippen LogP contribution in [0.3, 0.4) is 0 Å². The summed E-state index contributed by atoms with van der Waals surface area (Å²) < 4.78 is 22.2. The molecule has 0 aromatic heterocycles. The second-order valence-corrected chi connectivity index (χ2v) is 5.91. The maximum absolute atomic E-state index is 11.7. The highest BCUT2D eigenvalue weighted by atomic mass is 32.2. The van der Waals surface area contributed by atoms with Gasteiger partial charge in [0.05, 0.1) is 4.90 Å². The van der Waals surface area contributed by atoms with Crippen LogP contribution in [0.2, 0.25) is 0 Å². The molecule has 1 rings (SSSR count). The number of nitrogens with zero attached hydrogens (tertiary/aromatic N) is 1. The third-order valence-electron chi connectivity index (χ3n) is 2.95. The van der Waals surface area contributed by atoms with Crippen LogP contribution in [0.4, 0.5) is 0 Å².